The maximum Gasteiger partial charge on any atom is 0.355 e. The largest absolute Gasteiger partial charge is 0.355 e. The first-order chi connectivity index (χ1) is 12.5. The summed E-state index contributed by atoms with van der Waals surface area (Å²) in [6.45, 7) is 0. The molecule has 0 fully saturated rings. The molecule has 0 bridgehead atoms. The van der Waals surface area contributed by atoms with Gasteiger partial charge in [0.1, 0.15) is 6.33 Å². The number of halogens is 1. The van der Waals surface area contributed by atoms with Gasteiger partial charge in [0.05, 0.1) is 6.33 Å². The zero-order valence-electron chi connectivity index (χ0n) is 14.2. The van der Waals surface area contributed by atoms with Gasteiger partial charge in [0.2, 0.25) is 5.65 Å². The van der Waals surface area contributed by atoms with E-state index < -0.39 is 20.1 Å². The molecule has 146 valence electrons. The number of imidazole rings is 1. The average Bonchev–Trinajstić information content (AvgIpc) is 3.35. The third kappa shape index (κ3) is 3.61. The van der Waals surface area contributed by atoms with E-state index in [4.69, 9.17) is 28.5 Å². The Morgan fingerprint density at radius 2 is 2.00 bits per heavy atom. The number of nitrogens with zero attached hydrogens (tertiary/aromatic N) is 5. The molecule has 4 rings (SSSR count). The van der Waals surface area contributed by atoms with E-state index in [1.165, 1.54) is 25.1 Å². The fourth-order valence-electron chi connectivity index (χ4n) is 2.48. The fraction of sp³-hybridized carbons (Fsp3) is 0.385. The van der Waals surface area contributed by atoms with Gasteiger partial charge in [-0.15, -0.1) is 21.6 Å². The van der Waals surface area contributed by atoms with Crippen LogP contribution >= 0.6 is 24.6 Å². The Hall–Kier alpha value is -1.89. The Bertz CT molecular complexity index is 1080. The number of ether oxygens (including phenoxy) is 2. The molecule has 27 heavy (non-hydrogen) atoms. The van der Waals surface area contributed by atoms with Crippen molar-refractivity contribution in [3.8, 4) is 0 Å². The van der Waals surface area contributed by atoms with Gasteiger partial charge < -0.3 is 23.0 Å². The monoisotopic (exact) mass is 462 g/mol. The van der Waals surface area contributed by atoms with Crippen molar-refractivity contribution in [2.24, 2.45) is 0 Å². The summed E-state index contributed by atoms with van der Waals surface area (Å²) >= 11 is 0. The smallest absolute Gasteiger partial charge is 0.336 e. The number of rotatable bonds is 6. The molecule has 0 radical (unpaired) electrons. The minimum Gasteiger partial charge on any atom is -0.336 e. The first kappa shape index (κ1) is 19.9. The topological polar surface area (TPSA) is 139 Å². The molecular weight excluding hydrogens is 447 g/mol. The molecule has 3 aromatic rings. The number of fused-ring (bicyclic) bond motifs is 3. The number of aromatic nitrogens is 5. The third-order valence-corrected chi connectivity index (χ3v) is 5.38. The Morgan fingerprint density at radius 1 is 1.22 bits per heavy atom. The van der Waals surface area contributed by atoms with Gasteiger partial charge in [-0.3, -0.25) is 9.13 Å². The van der Waals surface area contributed by atoms with Gasteiger partial charge in [-0.25, -0.2) is 15.4 Å². The van der Waals surface area contributed by atoms with Crippen molar-refractivity contribution in [2.75, 3.05) is 20.6 Å². The number of hydrogen-bond acceptors (Lipinski definition) is 10. The molecule has 4 heterocycles. The van der Waals surface area contributed by atoms with E-state index >= 15 is 0 Å². The standard InChI is InChI=1S/C13H15N6O6P.BrH/c1-21-26(20,22-2)7-23-9-4-3-8(24-9)18-5-15-10-11(18)16-6-19-12(10)17-13(14)25-19;/h3-6,8-9,14H,7H2,1-2H3;1H/t8-,9+;/m1./s1. The summed E-state index contributed by atoms with van der Waals surface area (Å²) in [5.74, 6) is 0. The molecule has 3 aromatic heterocycles. The van der Waals surface area contributed by atoms with E-state index in [-0.39, 0.29) is 29.0 Å². The molecule has 1 aliphatic heterocycles. The lowest BCUT2D eigenvalue weighted by Crippen LogP contribution is -2.16. The van der Waals surface area contributed by atoms with Crippen LogP contribution in [-0.2, 0) is 23.1 Å². The quantitative estimate of drug-likeness (QED) is 0.427. The zero-order chi connectivity index (χ0) is 18.3. The molecule has 1 N–H and O–H groups in total. The van der Waals surface area contributed by atoms with Gasteiger partial charge in [0.15, 0.2) is 30.0 Å². The SMILES string of the molecule is Br.COP(=O)(CO[C@@H]1C=C[C@H](n2cnc3c2ncn2oc(=N)nc32)O1)OC. The van der Waals surface area contributed by atoms with Crippen LogP contribution < -0.4 is 5.68 Å². The molecule has 2 atom stereocenters. The van der Waals surface area contributed by atoms with Crippen LogP contribution in [0.4, 0.5) is 0 Å². The zero-order valence-corrected chi connectivity index (χ0v) is 16.8. The van der Waals surface area contributed by atoms with Crippen molar-refractivity contribution in [2.45, 2.75) is 12.5 Å². The molecular formula is C13H16BrN6O6P. The Labute approximate surface area is 162 Å². The summed E-state index contributed by atoms with van der Waals surface area (Å²) in [5, 5.41) is 7.47. The van der Waals surface area contributed by atoms with Gasteiger partial charge in [-0.05, 0) is 12.2 Å². The molecule has 12 nitrogen and oxygen atoms in total. The van der Waals surface area contributed by atoms with Crippen molar-refractivity contribution >= 4 is 41.4 Å². The minimum atomic E-state index is -3.28. The summed E-state index contributed by atoms with van der Waals surface area (Å²) in [6.07, 6.45) is 4.90. The van der Waals surface area contributed by atoms with Crippen LogP contribution in [0.25, 0.3) is 16.8 Å². The van der Waals surface area contributed by atoms with Crippen molar-refractivity contribution in [3.63, 3.8) is 0 Å². The normalized spacial score (nSPS) is 19.8. The molecule has 0 saturated heterocycles. The highest BCUT2D eigenvalue weighted by molar-refractivity contribution is 8.93. The third-order valence-electron chi connectivity index (χ3n) is 3.80. The molecule has 0 aromatic carbocycles. The molecule has 1 aliphatic rings. The summed E-state index contributed by atoms with van der Waals surface area (Å²) < 4.78 is 40.8. The van der Waals surface area contributed by atoms with E-state index in [2.05, 4.69) is 15.0 Å². The summed E-state index contributed by atoms with van der Waals surface area (Å²) in [4.78, 5) is 12.5. The predicted molar refractivity (Wildman–Crippen MR) is 95.3 cm³/mol. The molecule has 0 unspecified atom stereocenters. The lowest BCUT2D eigenvalue weighted by atomic mass is 10.4. The molecule has 14 heteroatoms. The molecule has 0 spiro atoms. The van der Waals surface area contributed by atoms with Crippen molar-refractivity contribution in [1.29, 1.82) is 5.41 Å². The maximum absolute atomic E-state index is 12.0. The minimum absolute atomic E-state index is 0. The van der Waals surface area contributed by atoms with Crippen molar-refractivity contribution in [3.05, 3.63) is 30.5 Å². The molecule has 0 amide bonds. The van der Waals surface area contributed by atoms with E-state index in [0.29, 0.717) is 16.8 Å². The van der Waals surface area contributed by atoms with E-state index in [9.17, 15) is 4.57 Å². The Morgan fingerprint density at radius 3 is 2.74 bits per heavy atom. The Kier molecular flexibility index (Phi) is 5.60. The van der Waals surface area contributed by atoms with Crippen LogP contribution in [0.3, 0.4) is 0 Å². The molecule has 0 saturated carbocycles. The highest BCUT2D eigenvalue weighted by Gasteiger charge is 2.28. The van der Waals surface area contributed by atoms with Crippen LogP contribution in [0.2, 0.25) is 0 Å². The van der Waals surface area contributed by atoms with Crippen LogP contribution in [0, 0.1) is 5.41 Å². The summed E-state index contributed by atoms with van der Waals surface area (Å²) in [6, 6.07) is 0. The Balaban J connectivity index is 0.00000210. The van der Waals surface area contributed by atoms with Crippen molar-refractivity contribution < 1.29 is 27.6 Å². The van der Waals surface area contributed by atoms with Crippen LogP contribution in [0.5, 0.6) is 0 Å². The highest BCUT2D eigenvalue weighted by Crippen LogP contribution is 2.46. The summed E-state index contributed by atoms with van der Waals surface area (Å²) in [7, 11) is -0.709. The van der Waals surface area contributed by atoms with Gasteiger partial charge in [0, 0.05) is 14.2 Å². The second-order valence-electron chi connectivity index (χ2n) is 5.28. The fourth-order valence-corrected chi connectivity index (χ4v) is 3.17. The lowest BCUT2D eigenvalue weighted by molar-refractivity contribution is -0.126. The first-order valence-corrected chi connectivity index (χ1v) is 9.17. The first-order valence-electron chi connectivity index (χ1n) is 7.45. The van der Waals surface area contributed by atoms with Crippen LogP contribution in [-0.4, -0.2) is 51.0 Å². The maximum atomic E-state index is 12.0. The number of hydrogen-bond donors (Lipinski definition) is 1. The van der Waals surface area contributed by atoms with E-state index in [1.54, 1.807) is 23.0 Å². The average molecular weight is 463 g/mol. The van der Waals surface area contributed by atoms with Gasteiger partial charge >= 0.3 is 13.3 Å². The van der Waals surface area contributed by atoms with Gasteiger partial charge in [-0.1, -0.05) is 0 Å². The van der Waals surface area contributed by atoms with Crippen LogP contribution in [0.1, 0.15) is 6.23 Å². The van der Waals surface area contributed by atoms with E-state index in [1.807, 2.05) is 0 Å². The van der Waals surface area contributed by atoms with Crippen molar-refractivity contribution in [1.82, 2.24) is 24.1 Å². The van der Waals surface area contributed by atoms with E-state index in [0.717, 1.165) is 0 Å². The predicted octanol–water partition coefficient (Wildman–Crippen LogP) is 1.60. The van der Waals surface area contributed by atoms with Gasteiger partial charge in [0.25, 0.3) is 0 Å². The number of nitrogens with one attached hydrogen (secondary N) is 1. The summed E-state index contributed by atoms with van der Waals surface area (Å²) in [5.41, 5.74) is 1.13. The highest BCUT2D eigenvalue weighted by atomic mass is 79.9. The lowest BCUT2D eigenvalue weighted by Gasteiger charge is -2.18. The van der Waals surface area contributed by atoms with Crippen LogP contribution in [0.15, 0.2) is 29.3 Å². The molecule has 0 aliphatic carbocycles. The second kappa shape index (κ2) is 7.62. The van der Waals surface area contributed by atoms with Gasteiger partial charge in [-0.2, -0.15) is 4.98 Å². The second-order valence-corrected chi connectivity index (χ2v) is 7.49.